The van der Waals surface area contributed by atoms with E-state index in [4.69, 9.17) is 0 Å². The van der Waals surface area contributed by atoms with E-state index in [0.29, 0.717) is 24.7 Å². The quantitative estimate of drug-likeness (QED) is 0.518. The number of aliphatic hydroxyl groups is 3. The van der Waals surface area contributed by atoms with Gasteiger partial charge >= 0.3 is 0 Å². The summed E-state index contributed by atoms with van der Waals surface area (Å²) < 4.78 is 0. The van der Waals surface area contributed by atoms with Crippen molar-refractivity contribution in [2.24, 2.45) is 23.2 Å². The summed E-state index contributed by atoms with van der Waals surface area (Å²) in [6.45, 7) is 10.4. The first kappa shape index (κ1) is 18.0. The molecule has 2 fully saturated rings. The van der Waals surface area contributed by atoms with Crippen LogP contribution in [0.2, 0.25) is 0 Å². The van der Waals surface area contributed by atoms with Crippen molar-refractivity contribution in [3.05, 3.63) is 12.2 Å². The lowest BCUT2D eigenvalue weighted by molar-refractivity contribution is -0.245. The van der Waals surface area contributed by atoms with Crippen LogP contribution >= 0.6 is 0 Å². The lowest BCUT2D eigenvalue weighted by atomic mass is 9.60. The first-order valence-corrected chi connectivity index (χ1v) is 8.94. The molecule has 0 saturated heterocycles. The van der Waals surface area contributed by atoms with Gasteiger partial charge in [-0.2, -0.15) is 0 Å². The molecule has 3 nitrogen and oxygen atoms in total. The number of fused-ring (bicyclic) bond motifs is 1. The molecule has 5 atom stereocenters. The highest BCUT2D eigenvalue weighted by atomic mass is 16.5. The zero-order valence-electron chi connectivity index (χ0n) is 14.5. The SMILES string of the molecule is C=C(C)CC(O)CCC(C)[C@H]1CCC2C(O)(O)CCC[C@@]21C. The lowest BCUT2D eigenvalue weighted by Gasteiger charge is -2.48. The summed E-state index contributed by atoms with van der Waals surface area (Å²) in [5.74, 6) is -0.403. The van der Waals surface area contributed by atoms with Crippen LogP contribution in [-0.4, -0.2) is 27.2 Å². The second-order valence-electron chi connectivity index (χ2n) is 8.34. The number of aliphatic hydroxyl groups excluding tert-OH is 1. The van der Waals surface area contributed by atoms with Crippen molar-refractivity contribution in [1.82, 2.24) is 0 Å². The van der Waals surface area contributed by atoms with E-state index in [-0.39, 0.29) is 17.4 Å². The maximum atomic E-state index is 10.3. The smallest absolute Gasteiger partial charge is 0.165 e. The third kappa shape index (κ3) is 3.58. The van der Waals surface area contributed by atoms with Crippen molar-refractivity contribution in [3.8, 4) is 0 Å². The molecule has 0 bridgehead atoms. The molecule has 0 amide bonds. The molecule has 2 rings (SSSR count). The number of hydrogen-bond acceptors (Lipinski definition) is 3. The third-order valence-corrected chi connectivity index (χ3v) is 6.45. The molecule has 2 saturated carbocycles. The Bertz CT molecular complexity index is 403. The van der Waals surface area contributed by atoms with Gasteiger partial charge in [-0.05, 0) is 69.1 Å². The minimum atomic E-state index is -1.47. The molecule has 0 aromatic carbocycles. The highest BCUT2D eigenvalue weighted by Gasteiger charge is 2.57. The number of rotatable bonds is 6. The van der Waals surface area contributed by atoms with Gasteiger partial charge in [0.1, 0.15) is 0 Å². The van der Waals surface area contributed by atoms with Crippen LogP contribution < -0.4 is 0 Å². The van der Waals surface area contributed by atoms with E-state index in [9.17, 15) is 15.3 Å². The molecule has 0 spiro atoms. The van der Waals surface area contributed by atoms with E-state index in [1.54, 1.807) is 0 Å². The first-order valence-electron chi connectivity index (χ1n) is 8.94. The Morgan fingerprint density at radius 2 is 1.91 bits per heavy atom. The van der Waals surface area contributed by atoms with Crippen molar-refractivity contribution in [3.63, 3.8) is 0 Å². The topological polar surface area (TPSA) is 60.7 Å². The highest BCUT2D eigenvalue weighted by molar-refractivity contribution is 5.04. The Labute approximate surface area is 135 Å². The van der Waals surface area contributed by atoms with Gasteiger partial charge in [-0.15, -0.1) is 6.58 Å². The van der Waals surface area contributed by atoms with E-state index in [2.05, 4.69) is 20.4 Å². The van der Waals surface area contributed by atoms with Crippen molar-refractivity contribution in [2.75, 3.05) is 0 Å². The molecular weight excluding hydrogens is 276 g/mol. The molecule has 0 aromatic rings. The largest absolute Gasteiger partial charge is 0.393 e. The standard InChI is InChI=1S/C19H34O3/c1-13(2)12-15(20)7-6-14(3)16-8-9-17-18(16,4)10-5-11-19(17,21)22/h14-17,20-22H,1,5-12H2,2-4H3/t14?,15?,16-,17?,18-/m1/s1. The molecule has 0 aromatic heterocycles. The van der Waals surface area contributed by atoms with Gasteiger partial charge in [0.05, 0.1) is 6.10 Å². The molecule has 0 radical (unpaired) electrons. The van der Waals surface area contributed by atoms with Crippen molar-refractivity contribution >= 4 is 0 Å². The van der Waals surface area contributed by atoms with Gasteiger partial charge in [-0.1, -0.05) is 19.4 Å². The van der Waals surface area contributed by atoms with E-state index in [1.807, 2.05) is 6.92 Å². The molecule has 2 aliphatic rings. The van der Waals surface area contributed by atoms with Gasteiger partial charge in [0, 0.05) is 12.3 Å². The first-order chi connectivity index (χ1) is 10.2. The van der Waals surface area contributed by atoms with Crippen LogP contribution in [0.4, 0.5) is 0 Å². The van der Waals surface area contributed by atoms with E-state index in [1.165, 1.54) is 0 Å². The van der Waals surface area contributed by atoms with Crippen LogP contribution in [0.25, 0.3) is 0 Å². The van der Waals surface area contributed by atoms with E-state index in [0.717, 1.165) is 44.1 Å². The summed E-state index contributed by atoms with van der Waals surface area (Å²) in [6.07, 6.45) is 6.75. The van der Waals surface area contributed by atoms with Crippen LogP contribution in [0.15, 0.2) is 12.2 Å². The zero-order valence-corrected chi connectivity index (χ0v) is 14.5. The van der Waals surface area contributed by atoms with Crippen LogP contribution in [0, 0.1) is 23.2 Å². The molecule has 128 valence electrons. The van der Waals surface area contributed by atoms with Crippen LogP contribution in [0.1, 0.15) is 72.1 Å². The fourth-order valence-corrected chi connectivity index (χ4v) is 5.38. The maximum Gasteiger partial charge on any atom is 0.165 e. The average Bonchev–Trinajstić information content (AvgIpc) is 2.73. The third-order valence-electron chi connectivity index (χ3n) is 6.45. The van der Waals surface area contributed by atoms with Crippen LogP contribution in [0.5, 0.6) is 0 Å². The molecule has 3 N–H and O–H groups in total. The van der Waals surface area contributed by atoms with Gasteiger partial charge in [-0.3, -0.25) is 0 Å². The zero-order chi connectivity index (χ0) is 16.5. The Morgan fingerprint density at radius 1 is 1.23 bits per heavy atom. The maximum absolute atomic E-state index is 10.3. The Balaban J connectivity index is 1.96. The van der Waals surface area contributed by atoms with Crippen LogP contribution in [0.3, 0.4) is 0 Å². The second kappa shape index (κ2) is 6.62. The summed E-state index contributed by atoms with van der Waals surface area (Å²) in [7, 11) is 0. The number of hydrogen-bond donors (Lipinski definition) is 3. The Hall–Kier alpha value is -0.380. The Morgan fingerprint density at radius 3 is 2.55 bits per heavy atom. The molecule has 2 aliphatic carbocycles. The Kier molecular flexibility index (Phi) is 5.41. The van der Waals surface area contributed by atoms with Gasteiger partial charge in [0.25, 0.3) is 0 Å². The minimum Gasteiger partial charge on any atom is -0.393 e. The highest BCUT2D eigenvalue weighted by Crippen LogP contribution is 2.60. The van der Waals surface area contributed by atoms with Crippen molar-refractivity contribution < 1.29 is 15.3 Å². The van der Waals surface area contributed by atoms with Gasteiger partial charge in [0.2, 0.25) is 0 Å². The summed E-state index contributed by atoms with van der Waals surface area (Å²) >= 11 is 0. The summed E-state index contributed by atoms with van der Waals surface area (Å²) in [4.78, 5) is 0. The van der Waals surface area contributed by atoms with Crippen molar-refractivity contribution in [2.45, 2.75) is 84.0 Å². The molecule has 3 heteroatoms. The molecule has 0 aliphatic heterocycles. The fraction of sp³-hybridized carbons (Fsp3) is 0.895. The normalized spacial score (nSPS) is 36.6. The second-order valence-corrected chi connectivity index (χ2v) is 8.34. The fourth-order valence-electron chi connectivity index (χ4n) is 5.38. The predicted molar refractivity (Wildman–Crippen MR) is 89.2 cm³/mol. The summed E-state index contributed by atoms with van der Waals surface area (Å²) in [6, 6.07) is 0. The minimum absolute atomic E-state index is 0.0153. The van der Waals surface area contributed by atoms with Gasteiger partial charge < -0.3 is 15.3 Å². The summed E-state index contributed by atoms with van der Waals surface area (Å²) in [5, 5.41) is 30.7. The van der Waals surface area contributed by atoms with E-state index < -0.39 is 5.79 Å². The lowest BCUT2D eigenvalue weighted by Crippen LogP contribution is -2.50. The monoisotopic (exact) mass is 310 g/mol. The molecule has 0 heterocycles. The predicted octanol–water partition coefficient (Wildman–Crippen LogP) is 3.63. The molecule has 3 unspecified atom stereocenters. The molecule has 22 heavy (non-hydrogen) atoms. The van der Waals surface area contributed by atoms with Gasteiger partial charge in [-0.25, -0.2) is 0 Å². The van der Waals surface area contributed by atoms with Gasteiger partial charge in [0.15, 0.2) is 5.79 Å². The molecular formula is C19H34O3. The van der Waals surface area contributed by atoms with E-state index >= 15 is 0 Å². The van der Waals surface area contributed by atoms with Crippen LogP contribution in [-0.2, 0) is 0 Å². The summed E-state index contributed by atoms with van der Waals surface area (Å²) in [5.41, 5.74) is 1.08. The van der Waals surface area contributed by atoms with Crippen molar-refractivity contribution in [1.29, 1.82) is 0 Å². The average molecular weight is 310 g/mol.